The molecule has 0 aromatic carbocycles. The van der Waals surface area contributed by atoms with Crippen molar-refractivity contribution in [2.45, 2.75) is 68.7 Å². The Morgan fingerprint density at radius 1 is 0.950 bits per heavy atom. The molecular weight excluding hydrogens is 264 g/mol. The van der Waals surface area contributed by atoms with Gasteiger partial charge in [-0.15, -0.1) is 0 Å². The van der Waals surface area contributed by atoms with Gasteiger partial charge in [0, 0.05) is 43.0 Å². The molecule has 5 fully saturated rings. The Morgan fingerprint density at radius 2 is 1.55 bits per heavy atom. The minimum Gasteiger partial charge on any atom is -0.298 e. The van der Waals surface area contributed by atoms with Crippen molar-refractivity contribution in [2.24, 2.45) is 11.8 Å². The van der Waals surface area contributed by atoms with E-state index in [2.05, 4.69) is 29.4 Å². The monoisotopic (exact) mass is 294 g/mol. The Morgan fingerprint density at radius 3 is 2.00 bits per heavy atom. The summed E-state index contributed by atoms with van der Waals surface area (Å²) in [7, 11) is 0. The second-order valence-corrected chi connectivity index (χ2v) is 8.85. The zero-order valence-electron chi connectivity index (χ0n) is 12.9. The van der Waals surface area contributed by atoms with E-state index in [4.69, 9.17) is 0 Å². The highest BCUT2D eigenvalue weighted by atomic mass is 32.1. The van der Waals surface area contributed by atoms with E-state index in [-0.39, 0.29) is 0 Å². The van der Waals surface area contributed by atoms with Crippen molar-refractivity contribution >= 4 is 12.6 Å². The standard InChI is InChI=1S/C17H30N2S/c1-13(20)15-2-4-16(5-3-15)18-6-8-19(9-7-18)17-10-14(11-17)12-17/h13-16,20H,2-12H2,1H3/t13-,14?,15?,16?,17?/m0/s1. The van der Waals surface area contributed by atoms with Crippen LogP contribution in [0.25, 0.3) is 0 Å². The maximum absolute atomic E-state index is 4.64. The summed E-state index contributed by atoms with van der Waals surface area (Å²) in [6.07, 6.45) is 10.2. The fourth-order valence-electron chi connectivity index (χ4n) is 5.33. The minimum absolute atomic E-state index is 0.595. The molecule has 0 N–H and O–H groups in total. The van der Waals surface area contributed by atoms with E-state index in [0.29, 0.717) is 10.8 Å². The van der Waals surface area contributed by atoms with Crippen LogP contribution in [0.1, 0.15) is 51.9 Å². The summed E-state index contributed by atoms with van der Waals surface area (Å²) in [5.41, 5.74) is 0.704. The van der Waals surface area contributed by atoms with Crippen molar-refractivity contribution in [1.29, 1.82) is 0 Å². The lowest BCUT2D eigenvalue weighted by Gasteiger charge is -2.68. The van der Waals surface area contributed by atoms with Crippen LogP contribution < -0.4 is 0 Å². The van der Waals surface area contributed by atoms with Crippen LogP contribution in [0.5, 0.6) is 0 Å². The Hall–Kier alpha value is 0.270. The molecule has 2 bridgehead atoms. The third-order valence-corrected chi connectivity index (χ3v) is 7.35. The molecule has 0 aromatic heterocycles. The van der Waals surface area contributed by atoms with Gasteiger partial charge in [-0.3, -0.25) is 9.80 Å². The normalized spacial score (nSPS) is 47.4. The van der Waals surface area contributed by atoms with Gasteiger partial charge in [0.05, 0.1) is 0 Å². The molecule has 3 heteroatoms. The van der Waals surface area contributed by atoms with Crippen molar-refractivity contribution in [3.8, 4) is 0 Å². The molecule has 4 saturated carbocycles. The molecule has 20 heavy (non-hydrogen) atoms. The second kappa shape index (κ2) is 5.17. The van der Waals surface area contributed by atoms with Crippen LogP contribution in [0.15, 0.2) is 0 Å². The fraction of sp³-hybridized carbons (Fsp3) is 1.00. The average molecular weight is 295 g/mol. The Bertz CT molecular complexity index is 337. The Kier molecular flexibility index (Phi) is 3.59. The van der Waals surface area contributed by atoms with E-state index in [1.165, 1.54) is 71.1 Å². The van der Waals surface area contributed by atoms with E-state index in [0.717, 1.165) is 17.9 Å². The van der Waals surface area contributed by atoms with Gasteiger partial charge in [0.2, 0.25) is 0 Å². The molecule has 0 radical (unpaired) electrons. The first-order chi connectivity index (χ1) is 9.66. The highest BCUT2D eigenvalue weighted by Crippen LogP contribution is 2.60. The molecule has 0 aromatic rings. The van der Waals surface area contributed by atoms with Gasteiger partial charge in [-0.25, -0.2) is 0 Å². The Balaban J connectivity index is 1.25. The van der Waals surface area contributed by atoms with Gasteiger partial charge in [0.1, 0.15) is 0 Å². The number of piperazine rings is 1. The molecule has 0 unspecified atom stereocenters. The van der Waals surface area contributed by atoms with Crippen molar-refractivity contribution in [3.63, 3.8) is 0 Å². The van der Waals surface area contributed by atoms with Crippen LogP contribution >= 0.6 is 12.6 Å². The summed E-state index contributed by atoms with van der Waals surface area (Å²) in [5, 5.41) is 0.595. The van der Waals surface area contributed by atoms with E-state index in [9.17, 15) is 0 Å². The van der Waals surface area contributed by atoms with E-state index >= 15 is 0 Å². The summed E-state index contributed by atoms with van der Waals surface area (Å²) < 4.78 is 0. The largest absolute Gasteiger partial charge is 0.298 e. The summed E-state index contributed by atoms with van der Waals surface area (Å²) in [4.78, 5) is 5.65. The number of nitrogens with zero attached hydrogens (tertiary/aromatic N) is 2. The topological polar surface area (TPSA) is 6.48 Å². The SMILES string of the molecule is C[C@H](S)C1CCC(N2CCN(C34CC(C3)C4)CC2)CC1. The van der Waals surface area contributed by atoms with Gasteiger partial charge >= 0.3 is 0 Å². The fourth-order valence-corrected chi connectivity index (χ4v) is 5.63. The summed E-state index contributed by atoms with van der Waals surface area (Å²) in [6, 6.07) is 0.883. The molecule has 4 aliphatic carbocycles. The van der Waals surface area contributed by atoms with E-state index < -0.39 is 0 Å². The van der Waals surface area contributed by atoms with Gasteiger partial charge in [0.15, 0.2) is 0 Å². The van der Waals surface area contributed by atoms with Crippen molar-refractivity contribution in [1.82, 2.24) is 9.80 Å². The van der Waals surface area contributed by atoms with Crippen LogP contribution in [0, 0.1) is 11.8 Å². The van der Waals surface area contributed by atoms with E-state index in [1.54, 1.807) is 0 Å². The lowest BCUT2D eigenvalue weighted by molar-refractivity contribution is -0.157. The first-order valence-electron chi connectivity index (χ1n) is 8.83. The van der Waals surface area contributed by atoms with Gasteiger partial charge in [0.25, 0.3) is 0 Å². The molecule has 2 nitrogen and oxygen atoms in total. The maximum atomic E-state index is 4.64. The van der Waals surface area contributed by atoms with Crippen molar-refractivity contribution in [2.75, 3.05) is 26.2 Å². The average Bonchev–Trinajstić information content (AvgIpc) is 2.36. The van der Waals surface area contributed by atoms with Crippen LogP contribution in [0.4, 0.5) is 0 Å². The van der Waals surface area contributed by atoms with Crippen LogP contribution in [-0.4, -0.2) is 52.8 Å². The smallest absolute Gasteiger partial charge is 0.0218 e. The Labute approximate surface area is 129 Å². The highest BCUT2D eigenvalue weighted by Gasteiger charge is 2.59. The third-order valence-electron chi connectivity index (χ3n) is 6.93. The predicted octanol–water partition coefficient (Wildman–Crippen LogP) is 3.03. The van der Waals surface area contributed by atoms with E-state index in [1.807, 2.05) is 0 Å². The molecule has 0 spiro atoms. The third kappa shape index (κ3) is 2.24. The molecule has 0 amide bonds. The quantitative estimate of drug-likeness (QED) is 0.799. The zero-order valence-corrected chi connectivity index (χ0v) is 13.8. The van der Waals surface area contributed by atoms with Crippen molar-refractivity contribution in [3.05, 3.63) is 0 Å². The molecular formula is C17H30N2S. The summed E-state index contributed by atoms with van der Waals surface area (Å²) >= 11 is 4.64. The highest BCUT2D eigenvalue weighted by molar-refractivity contribution is 7.80. The first kappa shape index (κ1) is 13.9. The number of hydrogen-bond donors (Lipinski definition) is 1. The number of rotatable bonds is 3. The molecule has 1 atom stereocenters. The first-order valence-corrected chi connectivity index (χ1v) is 9.35. The van der Waals surface area contributed by atoms with Gasteiger partial charge in [-0.2, -0.15) is 12.6 Å². The summed E-state index contributed by atoms with van der Waals surface area (Å²) in [5.74, 6) is 1.99. The number of thiol groups is 1. The molecule has 1 saturated heterocycles. The van der Waals surface area contributed by atoms with Gasteiger partial charge < -0.3 is 0 Å². The van der Waals surface area contributed by atoms with Crippen LogP contribution in [0.2, 0.25) is 0 Å². The lowest BCUT2D eigenvalue weighted by Crippen LogP contribution is -2.71. The minimum atomic E-state index is 0.595. The van der Waals surface area contributed by atoms with Gasteiger partial charge in [-0.1, -0.05) is 6.92 Å². The molecule has 1 heterocycles. The van der Waals surface area contributed by atoms with Gasteiger partial charge in [-0.05, 0) is 56.8 Å². The molecule has 5 rings (SSSR count). The maximum Gasteiger partial charge on any atom is 0.0218 e. The number of hydrogen-bond acceptors (Lipinski definition) is 3. The second-order valence-electron chi connectivity index (χ2n) is 8.03. The predicted molar refractivity (Wildman–Crippen MR) is 87.4 cm³/mol. The molecule has 114 valence electrons. The van der Waals surface area contributed by atoms with Crippen molar-refractivity contribution < 1.29 is 0 Å². The van der Waals surface area contributed by atoms with Crippen LogP contribution in [0.3, 0.4) is 0 Å². The molecule has 1 aliphatic heterocycles. The summed E-state index contributed by atoms with van der Waals surface area (Å²) in [6.45, 7) is 7.62. The zero-order chi connectivity index (χ0) is 13.7. The molecule has 5 aliphatic rings. The van der Waals surface area contributed by atoms with Crippen LogP contribution in [-0.2, 0) is 0 Å². The lowest BCUT2D eigenvalue weighted by atomic mass is 9.49.